The summed E-state index contributed by atoms with van der Waals surface area (Å²) in [6.45, 7) is 3.27. The molecule has 0 bridgehead atoms. The monoisotopic (exact) mass is 317 g/mol. The van der Waals surface area contributed by atoms with E-state index in [1.807, 2.05) is 0 Å². The molecule has 3 amide bonds. The third-order valence-corrected chi connectivity index (χ3v) is 2.87. The Morgan fingerprint density at radius 1 is 0.955 bits per heavy atom. The number of hydrogen-bond donors (Lipinski definition) is 5. The van der Waals surface area contributed by atoms with E-state index < -0.39 is 49.1 Å². The Morgan fingerprint density at radius 3 is 1.77 bits per heavy atom. The van der Waals surface area contributed by atoms with E-state index in [1.54, 1.807) is 13.8 Å². The summed E-state index contributed by atoms with van der Waals surface area (Å²) in [7, 11) is 0. The summed E-state index contributed by atoms with van der Waals surface area (Å²) in [5, 5.41) is 25.0. The zero-order valence-corrected chi connectivity index (χ0v) is 12.8. The maximum absolute atomic E-state index is 11.9. The molecule has 3 atom stereocenters. The molecule has 22 heavy (non-hydrogen) atoms. The van der Waals surface area contributed by atoms with Gasteiger partial charge in [-0.25, -0.2) is 0 Å². The molecule has 0 aliphatic carbocycles. The molecule has 0 saturated heterocycles. The van der Waals surface area contributed by atoms with Crippen LogP contribution in [0.2, 0.25) is 0 Å². The highest BCUT2D eigenvalue weighted by molar-refractivity contribution is 5.92. The van der Waals surface area contributed by atoms with Gasteiger partial charge in [0.05, 0.1) is 19.3 Å². The van der Waals surface area contributed by atoms with E-state index in [0.717, 1.165) is 0 Å². The van der Waals surface area contributed by atoms with Crippen LogP contribution in [0.3, 0.4) is 0 Å². The predicted molar refractivity (Wildman–Crippen MR) is 76.5 cm³/mol. The Labute approximate surface area is 128 Å². The SMILES string of the molecule is CC(=O)N[C@@H](CO)C(=O)N[C@@H](CO)C(=O)N[C@H](C=O)C(C)C. The van der Waals surface area contributed by atoms with Crippen molar-refractivity contribution in [1.29, 1.82) is 0 Å². The Balaban J connectivity index is 4.75. The Hall–Kier alpha value is -2.00. The van der Waals surface area contributed by atoms with Gasteiger partial charge in [0.1, 0.15) is 18.4 Å². The lowest BCUT2D eigenvalue weighted by molar-refractivity contribution is -0.134. The van der Waals surface area contributed by atoms with Crippen molar-refractivity contribution in [3.8, 4) is 0 Å². The standard InChI is InChI=1S/C13H23N3O6/c1-7(2)9(4-17)15-13(22)11(6-19)16-12(21)10(5-18)14-8(3)20/h4,7,9-11,18-19H,5-6H2,1-3H3,(H,14,20)(H,15,22)(H,16,21)/t9-,10+,11+/m1/s1. The largest absolute Gasteiger partial charge is 0.394 e. The summed E-state index contributed by atoms with van der Waals surface area (Å²) in [5.41, 5.74) is 0. The summed E-state index contributed by atoms with van der Waals surface area (Å²) in [6, 6.07) is -3.27. The second kappa shape index (κ2) is 9.85. The minimum Gasteiger partial charge on any atom is -0.394 e. The zero-order chi connectivity index (χ0) is 17.3. The van der Waals surface area contributed by atoms with E-state index in [2.05, 4.69) is 16.0 Å². The summed E-state index contributed by atoms with van der Waals surface area (Å²) in [4.78, 5) is 45.5. The van der Waals surface area contributed by atoms with Gasteiger partial charge in [-0.3, -0.25) is 14.4 Å². The number of carbonyl (C=O) groups is 4. The second-order valence-electron chi connectivity index (χ2n) is 5.09. The summed E-state index contributed by atoms with van der Waals surface area (Å²) in [6.07, 6.45) is 0.562. The average molecular weight is 317 g/mol. The number of rotatable bonds is 9. The summed E-state index contributed by atoms with van der Waals surface area (Å²) < 4.78 is 0. The maximum atomic E-state index is 11.9. The number of aliphatic hydroxyl groups excluding tert-OH is 2. The fourth-order valence-electron chi connectivity index (χ4n) is 1.53. The van der Waals surface area contributed by atoms with Gasteiger partial charge < -0.3 is 31.0 Å². The summed E-state index contributed by atoms with van der Waals surface area (Å²) >= 11 is 0. The number of hydrogen-bond acceptors (Lipinski definition) is 6. The van der Waals surface area contributed by atoms with Gasteiger partial charge >= 0.3 is 0 Å². The van der Waals surface area contributed by atoms with Crippen LogP contribution in [0.5, 0.6) is 0 Å². The minimum atomic E-state index is -1.29. The van der Waals surface area contributed by atoms with Gasteiger partial charge in [-0.1, -0.05) is 13.8 Å². The first-order valence-electron chi connectivity index (χ1n) is 6.81. The van der Waals surface area contributed by atoms with Crippen molar-refractivity contribution < 1.29 is 29.4 Å². The lowest BCUT2D eigenvalue weighted by atomic mass is 10.1. The van der Waals surface area contributed by atoms with Crippen molar-refractivity contribution in [2.24, 2.45) is 5.92 Å². The average Bonchev–Trinajstić information content (AvgIpc) is 2.46. The molecule has 0 saturated carbocycles. The number of carbonyl (C=O) groups excluding carboxylic acids is 4. The molecular formula is C13H23N3O6. The van der Waals surface area contributed by atoms with E-state index in [-0.39, 0.29) is 5.92 Å². The number of aldehydes is 1. The van der Waals surface area contributed by atoms with Crippen LogP contribution < -0.4 is 16.0 Å². The molecule has 126 valence electrons. The highest BCUT2D eigenvalue weighted by Gasteiger charge is 2.27. The van der Waals surface area contributed by atoms with Crippen LogP contribution >= 0.6 is 0 Å². The highest BCUT2D eigenvalue weighted by atomic mass is 16.3. The Bertz CT molecular complexity index is 413. The fraction of sp³-hybridized carbons (Fsp3) is 0.692. The van der Waals surface area contributed by atoms with Crippen LogP contribution in [0.25, 0.3) is 0 Å². The van der Waals surface area contributed by atoms with Crippen molar-refractivity contribution in [1.82, 2.24) is 16.0 Å². The van der Waals surface area contributed by atoms with Crippen molar-refractivity contribution in [2.45, 2.75) is 38.9 Å². The van der Waals surface area contributed by atoms with Gasteiger partial charge in [-0.2, -0.15) is 0 Å². The molecule has 0 aromatic heterocycles. The Kier molecular flexibility index (Phi) is 8.95. The number of aliphatic hydroxyl groups is 2. The molecule has 0 aliphatic rings. The second-order valence-corrected chi connectivity index (χ2v) is 5.09. The van der Waals surface area contributed by atoms with E-state index in [9.17, 15) is 24.3 Å². The van der Waals surface area contributed by atoms with Gasteiger partial charge in [0, 0.05) is 6.92 Å². The Morgan fingerprint density at radius 2 is 1.41 bits per heavy atom. The molecule has 0 radical (unpaired) electrons. The van der Waals surface area contributed by atoms with Crippen molar-refractivity contribution in [3.05, 3.63) is 0 Å². The van der Waals surface area contributed by atoms with Crippen molar-refractivity contribution in [3.63, 3.8) is 0 Å². The molecule has 0 heterocycles. The first-order valence-corrected chi connectivity index (χ1v) is 6.81. The van der Waals surface area contributed by atoms with Gasteiger partial charge in [0.15, 0.2) is 0 Å². The molecule has 9 nitrogen and oxygen atoms in total. The highest BCUT2D eigenvalue weighted by Crippen LogP contribution is 1.99. The molecule has 0 aromatic rings. The topological polar surface area (TPSA) is 145 Å². The number of nitrogens with one attached hydrogen (secondary N) is 3. The quantitative estimate of drug-likeness (QED) is 0.293. The van der Waals surface area contributed by atoms with Crippen molar-refractivity contribution >= 4 is 24.0 Å². The smallest absolute Gasteiger partial charge is 0.245 e. The molecular weight excluding hydrogens is 294 g/mol. The molecule has 0 fully saturated rings. The van der Waals surface area contributed by atoms with Crippen molar-refractivity contribution in [2.75, 3.05) is 13.2 Å². The lowest BCUT2D eigenvalue weighted by Crippen LogP contribution is -2.57. The molecule has 0 unspecified atom stereocenters. The van der Waals surface area contributed by atoms with Gasteiger partial charge in [0.2, 0.25) is 17.7 Å². The van der Waals surface area contributed by atoms with Crippen LogP contribution in [-0.4, -0.2) is 65.6 Å². The van der Waals surface area contributed by atoms with E-state index in [0.29, 0.717) is 6.29 Å². The third kappa shape index (κ3) is 6.64. The number of amides is 3. The normalized spacial score (nSPS) is 14.6. The maximum Gasteiger partial charge on any atom is 0.245 e. The third-order valence-electron chi connectivity index (χ3n) is 2.87. The zero-order valence-electron chi connectivity index (χ0n) is 12.8. The molecule has 0 rings (SSSR count). The van der Waals surface area contributed by atoms with Crippen LogP contribution in [0.4, 0.5) is 0 Å². The molecule has 0 spiro atoms. The van der Waals surface area contributed by atoms with E-state index in [4.69, 9.17) is 5.11 Å². The first kappa shape index (κ1) is 20.0. The minimum absolute atomic E-state index is 0.152. The molecule has 5 N–H and O–H groups in total. The van der Waals surface area contributed by atoms with E-state index >= 15 is 0 Å². The lowest BCUT2D eigenvalue weighted by Gasteiger charge is -2.23. The molecule has 0 aromatic carbocycles. The first-order chi connectivity index (χ1) is 10.3. The van der Waals surface area contributed by atoms with Gasteiger partial charge in [-0.05, 0) is 5.92 Å². The summed E-state index contributed by atoms with van der Waals surface area (Å²) in [5.74, 6) is -2.23. The predicted octanol–water partition coefficient (Wildman–Crippen LogP) is -2.70. The fourth-order valence-corrected chi connectivity index (χ4v) is 1.53. The van der Waals surface area contributed by atoms with Crippen LogP contribution in [0.1, 0.15) is 20.8 Å². The molecule has 0 aliphatic heterocycles. The van der Waals surface area contributed by atoms with E-state index in [1.165, 1.54) is 6.92 Å². The van der Waals surface area contributed by atoms with Crippen LogP contribution in [0, 0.1) is 5.92 Å². The van der Waals surface area contributed by atoms with Crippen LogP contribution in [0.15, 0.2) is 0 Å². The van der Waals surface area contributed by atoms with Gasteiger partial charge in [-0.15, -0.1) is 0 Å². The van der Waals surface area contributed by atoms with Gasteiger partial charge in [0.25, 0.3) is 0 Å². The molecule has 9 heteroatoms. The van der Waals surface area contributed by atoms with Crippen LogP contribution in [-0.2, 0) is 19.2 Å².